The van der Waals surface area contributed by atoms with E-state index in [1.807, 2.05) is 24.3 Å². The molecule has 4 atom stereocenters. The number of aryl methyl sites for hydroxylation is 3. The van der Waals surface area contributed by atoms with Gasteiger partial charge in [0.05, 0.1) is 45.9 Å². The SMILES string of the molecule is CCc1ccc(OC(C)CC(C)Oc2ccc(CC)cc2Br)c(Br)c1.CCc1ccc([O-])c(Br)c1.C[C@H](C[C@H](C)OS(C)(=O)=O)OS(C)(=O)=O.[Na+]. The van der Waals surface area contributed by atoms with Crippen LogP contribution in [-0.2, 0) is 47.9 Å². The van der Waals surface area contributed by atoms with Crippen LogP contribution in [0.3, 0.4) is 0 Å². The molecule has 0 heterocycles. The van der Waals surface area contributed by atoms with Crippen molar-refractivity contribution in [2.75, 3.05) is 12.5 Å². The van der Waals surface area contributed by atoms with Gasteiger partial charge in [-0.1, -0.05) is 66.7 Å². The van der Waals surface area contributed by atoms with Crippen molar-refractivity contribution in [2.24, 2.45) is 0 Å². The first kappa shape index (κ1) is 50.3. The molecule has 0 bridgehead atoms. The summed E-state index contributed by atoms with van der Waals surface area (Å²) in [6.45, 7) is 13.6. The van der Waals surface area contributed by atoms with Gasteiger partial charge in [0.2, 0.25) is 0 Å². The summed E-state index contributed by atoms with van der Waals surface area (Å²) in [5.41, 5.74) is 3.78. The Hall–Kier alpha value is -0.680. The van der Waals surface area contributed by atoms with Crippen LogP contribution in [0.5, 0.6) is 17.2 Å². The van der Waals surface area contributed by atoms with Gasteiger partial charge in [-0.2, -0.15) is 16.8 Å². The molecular formula is C36H50Br3NaO9S2. The number of hydrogen-bond donors (Lipinski definition) is 0. The van der Waals surface area contributed by atoms with Crippen LogP contribution in [-0.4, -0.2) is 53.8 Å². The number of hydrogen-bond acceptors (Lipinski definition) is 9. The first-order valence-electron chi connectivity index (χ1n) is 16.3. The minimum atomic E-state index is -3.52. The molecule has 2 unspecified atom stereocenters. The minimum Gasteiger partial charge on any atom is -0.872 e. The van der Waals surface area contributed by atoms with Crippen molar-refractivity contribution in [1.82, 2.24) is 0 Å². The molecule has 0 spiro atoms. The summed E-state index contributed by atoms with van der Waals surface area (Å²) in [5, 5.41) is 10.8. The topological polar surface area (TPSA) is 128 Å². The second kappa shape index (κ2) is 24.7. The van der Waals surface area contributed by atoms with Gasteiger partial charge in [-0.05, 0) is 126 Å². The minimum absolute atomic E-state index is 0. The summed E-state index contributed by atoms with van der Waals surface area (Å²) in [6.07, 6.45) is 4.77. The number of ether oxygens (including phenoxy) is 2. The summed E-state index contributed by atoms with van der Waals surface area (Å²) in [5.74, 6) is 1.81. The normalized spacial score (nSPS) is 13.6. The van der Waals surface area contributed by atoms with Gasteiger partial charge >= 0.3 is 29.6 Å². The molecule has 15 heteroatoms. The van der Waals surface area contributed by atoms with E-state index in [4.69, 9.17) is 9.47 Å². The average Bonchev–Trinajstić information content (AvgIpc) is 2.99. The van der Waals surface area contributed by atoms with E-state index in [1.54, 1.807) is 6.07 Å². The predicted molar refractivity (Wildman–Crippen MR) is 210 cm³/mol. The van der Waals surface area contributed by atoms with E-state index in [0.717, 1.165) is 58.6 Å². The smallest absolute Gasteiger partial charge is 0.872 e. The van der Waals surface area contributed by atoms with Gasteiger partial charge < -0.3 is 14.6 Å². The first-order chi connectivity index (χ1) is 23.2. The summed E-state index contributed by atoms with van der Waals surface area (Å²) < 4.78 is 67.0. The molecule has 0 saturated carbocycles. The molecule has 0 aliphatic heterocycles. The van der Waals surface area contributed by atoms with Crippen LogP contribution in [0.2, 0.25) is 0 Å². The zero-order valence-corrected chi connectivity index (χ0v) is 39.6. The van der Waals surface area contributed by atoms with Crippen LogP contribution >= 0.6 is 47.8 Å². The fourth-order valence-corrected chi connectivity index (χ4v) is 7.44. The van der Waals surface area contributed by atoms with E-state index in [2.05, 4.69) is 115 Å². The molecule has 0 aliphatic carbocycles. The summed E-state index contributed by atoms with van der Waals surface area (Å²) in [6, 6.07) is 17.8. The molecule has 282 valence electrons. The Labute approximate surface area is 353 Å². The van der Waals surface area contributed by atoms with Crippen LogP contribution in [0.25, 0.3) is 0 Å². The summed E-state index contributed by atoms with van der Waals surface area (Å²) in [7, 11) is -7.04. The first-order valence-corrected chi connectivity index (χ1v) is 22.3. The second-order valence-electron chi connectivity index (χ2n) is 11.9. The van der Waals surface area contributed by atoms with Gasteiger partial charge in [-0.15, -0.1) is 0 Å². The zero-order chi connectivity index (χ0) is 38.2. The van der Waals surface area contributed by atoms with Crippen LogP contribution in [0, 0.1) is 0 Å². The maximum Gasteiger partial charge on any atom is 1.00 e. The Kier molecular flexibility index (Phi) is 24.3. The van der Waals surface area contributed by atoms with Gasteiger partial charge in [-0.3, -0.25) is 8.37 Å². The third-order valence-electron chi connectivity index (χ3n) is 6.88. The van der Waals surface area contributed by atoms with Crippen molar-refractivity contribution in [3.8, 4) is 17.2 Å². The molecular weight excluding hydrogens is 903 g/mol. The molecule has 0 fully saturated rings. The molecule has 0 N–H and O–H groups in total. The fourth-order valence-electron chi connectivity index (χ4n) is 4.62. The Morgan fingerprint density at radius 1 is 0.569 bits per heavy atom. The fraction of sp³-hybridized carbons (Fsp3) is 0.500. The third-order valence-corrected chi connectivity index (χ3v) is 10.1. The number of benzene rings is 3. The van der Waals surface area contributed by atoms with E-state index in [0.29, 0.717) is 4.47 Å². The molecule has 51 heavy (non-hydrogen) atoms. The Bertz CT molecular complexity index is 1610. The maximum atomic E-state index is 10.8. The van der Waals surface area contributed by atoms with E-state index < -0.39 is 32.4 Å². The van der Waals surface area contributed by atoms with Crippen molar-refractivity contribution >= 4 is 68.0 Å². The molecule has 0 aromatic heterocycles. The molecule has 9 nitrogen and oxygen atoms in total. The van der Waals surface area contributed by atoms with Crippen molar-refractivity contribution in [1.29, 1.82) is 0 Å². The average molecular weight is 954 g/mol. The molecule has 0 saturated heterocycles. The summed E-state index contributed by atoms with van der Waals surface area (Å²) in [4.78, 5) is 0. The quantitative estimate of drug-likeness (QED) is 0.130. The van der Waals surface area contributed by atoms with Crippen LogP contribution in [0.4, 0.5) is 0 Å². The van der Waals surface area contributed by atoms with Crippen LogP contribution < -0.4 is 44.1 Å². The molecule has 0 radical (unpaired) electrons. The Morgan fingerprint density at radius 2 is 0.882 bits per heavy atom. The van der Waals surface area contributed by atoms with E-state index in [-0.39, 0.29) is 53.9 Å². The molecule has 0 amide bonds. The molecule has 3 aromatic rings. The van der Waals surface area contributed by atoms with Crippen molar-refractivity contribution in [3.05, 3.63) is 84.7 Å². The van der Waals surface area contributed by atoms with Gasteiger partial charge in [0, 0.05) is 17.3 Å². The van der Waals surface area contributed by atoms with Crippen molar-refractivity contribution in [3.63, 3.8) is 0 Å². The van der Waals surface area contributed by atoms with Gasteiger partial charge in [0.1, 0.15) is 11.5 Å². The molecule has 3 rings (SSSR count). The monoisotopic (exact) mass is 950 g/mol. The molecule has 0 aliphatic rings. The van der Waals surface area contributed by atoms with Crippen LogP contribution in [0.15, 0.2) is 68.0 Å². The van der Waals surface area contributed by atoms with Crippen molar-refractivity contribution < 1.29 is 69.3 Å². The van der Waals surface area contributed by atoms with Gasteiger partial charge in [0.15, 0.2) is 0 Å². The van der Waals surface area contributed by atoms with Gasteiger partial charge in [0.25, 0.3) is 20.2 Å². The summed E-state index contributed by atoms with van der Waals surface area (Å²) >= 11 is 10.4. The van der Waals surface area contributed by atoms with Gasteiger partial charge in [-0.25, -0.2) is 0 Å². The second-order valence-corrected chi connectivity index (χ2v) is 17.7. The van der Waals surface area contributed by atoms with Crippen molar-refractivity contribution in [2.45, 2.75) is 105 Å². The standard InChI is InChI=1S/C21H26Br2O2.C8H9BrO.C7H16O6S2.Na/c1-5-16-7-9-20(18(22)12-16)24-14(3)11-15(4)25-21-10-8-17(6-2)13-19(21)23;1-2-6-3-4-8(10)7(9)5-6;1-6(12-14(3,8)9)5-7(2)13-15(4,10)11;/h7-10,12-15H,5-6,11H2,1-4H3;3-5,10H,2H2,1H3;6-7H,5H2,1-4H3;/q;;;+1/p-1/t;;6-,7+;. The Morgan fingerprint density at radius 3 is 1.18 bits per heavy atom. The van der Waals surface area contributed by atoms with E-state index >= 15 is 0 Å². The zero-order valence-electron chi connectivity index (χ0n) is 31.2. The maximum absolute atomic E-state index is 10.8. The van der Waals surface area contributed by atoms with E-state index in [1.165, 1.54) is 30.5 Å². The number of halogens is 3. The van der Waals surface area contributed by atoms with Crippen LogP contribution in [0.1, 0.15) is 78.0 Å². The third kappa shape index (κ3) is 22.3. The molecule has 3 aromatic carbocycles. The number of rotatable bonds is 15. The largest absolute Gasteiger partial charge is 1.00 e. The Balaban J connectivity index is 0.000000816. The van der Waals surface area contributed by atoms with E-state index in [9.17, 15) is 21.9 Å². The predicted octanol–water partition coefficient (Wildman–Crippen LogP) is 6.16.